The average molecular weight is 484 g/mol. The van der Waals surface area contributed by atoms with E-state index < -0.39 is 0 Å². The van der Waals surface area contributed by atoms with Crippen LogP contribution in [0.1, 0.15) is 5.56 Å². The van der Waals surface area contributed by atoms with Gasteiger partial charge in [-0.25, -0.2) is 0 Å². The standard InChI is InChI=1S/C37H25N/c1-24-17-18-28(27-12-7-11-26(21-27)25-9-3-2-4-10-25)22-33(24)29-19-20-36-34(23-29)32-15-8-14-31-30-13-5-6-16-35(30)38(36)37(31)32/h2-23H,1H3. The number of rotatable bonds is 3. The van der Waals surface area contributed by atoms with Crippen LogP contribution in [0.2, 0.25) is 0 Å². The molecule has 1 heteroatoms. The lowest BCUT2D eigenvalue weighted by Gasteiger charge is -2.12. The van der Waals surface area contributed by atoms with Crippen LogP contribution >= 0.6 is 0 Å². The highest BCUT2D eigenvalue weighted by molar-refractivity contribution is 6.23. The topological polar surface area (TPSA) is 4.41 Å². The third kappa shape index (κ3) is 3.06. The van der Waals surface area contributed by atoms with Crippen molar-refractivity contribution < 1.29 is 0 Å². The average Bonchev–Trinajstić information content (AvgIpc) is 3.50. The first-order chi connectivity index (χ1) is 18.8. The summed E-state index contributed by atoms with van der Waals surface area (Å²) in [4.78, 5) is 0. The van der Waals surface area contributed by atoms with Crippen LogP contribution in [0.5, 0.6) is 0 Å². The van der Waals surface area contributed by atoms with E-state index in [1.165, 1.54) is 77.0 Å². The first kappa shape index (κ1) is 21.2. The molecule has 8 rings (SSSR count). The van der Waals surface area contributed by atoms with Crippen molar-refractivity contribution in [1.29, 1.82) is 0 Å². The molecule has 0 aliphatic rings. The van der Waals surface area contributed by atoms with Crippen LogP contribution in [0.15, 0.2) is 133 Å². The maximum Gasteiger partial charge on any atom is 0.0620 e. The first-order valence-corrected chi connectivity index (χ1v) is 13.2. The molecule has 0 saturated heterocycles. The molecule has 2 heterocycles. The molecule has 0 amide bonds. The van der Waals surface area contributed by atoms with Crippen molar-refractivity contribution in [2.24, 2.45) is 0 Å². The Morgan fingerprint density at radius 1 is 0.395 bits per heavy atom. The minimum atomic E-state index is 1.24. The summed E-state index contributed by atoms with van der Waals surface area (Å²) in [6.45, 7) is 2.21. The number of aromatic nitrogens is 1. The molecular weight excluding hydrogens is 458 g/mol. The van der Waals surface area contributed by atoms with Gasteiger partial charge in [0.2, 0.25) is 0 Å². The molecule has 6 aromatic carbocycles. The van der Waals surface area contributed by atoms with Gasteiger partial charge in [-0.15, -0.1) is 0 Å². The Balaban J connectivity index is 1.30. The molecule has 0 saturated carbocycles. The predicted octanol–water partition coefficient (Wildman–Crippen LogP) is 10.1. The summed E-state index contributed by atoms with van der Waals surface area (Å²) in [7, 11) is 0. The van der Waals surface area contributed by atoms with E-state index in [1.54, 1.807) is 0 Å². The zero-order chi connectivity index (χ0) is 25.2. The van der Waals surface area contributed by atoms with Crippen LogP contribution in [0.4, 0.5) is 0 Å². The van der Waals surface area contributed by atoms with Crippen LogP contribution in [-0.2, 0) is 0 Å². The van der Waals surface area contributed by atoms with Gasteiger partial charge >= 0.3 is 0 Å². The van der Waals surface area contributed by atoms with Gasteiger partial charge in [0.1, 0.15) is 0 Å². The summed E-state index contributed by atoms with van der Waals surface area (Å²) in [5.74, 6) is 0. The summed E-state index contributed by atoms with van der Waals surface area (Å²) in [5, 5.41) is 5.28. The molecule has 38 heavy (non-hydrogen) atoms. The Morgan fingerprint density at radius 3 is 1.87 bits per heavy atom. The molecule has 0 unspecified atom stereocenters. The minimum absolute atomic E-state index is 1.24. The second-order valence-corrected chi connectivity index (χ2v) is 10.3. The van der Waals surface area contributed by atoms with Crippen molar-refractivity contribution in [3.63, 3.8) is 0 Å². The van der Waals surface area contributed by atoms with Crippen molar-refractivity contribution >= 4 is 38.1 Å². The van der Waals surface area contributed by atoms with Gasteiger partial charge in [0.05, 0.1) is 16.6 Å². The lowest BCUT2D eigenvalue weighted by atomic mass is 9.93. The van der Waals surface area contributed by atoms with Crippen molar-refractivity contribution in [2.45, 2.75) is 6.92 Å². The number of aryl methyl sites for hydroxylation is 1. The maximum absolute atomic E-state index is 2.44. The Bertz CT molecular complexity index is 2130. The molecule has 0 spiro atoms. The molecule has 0 aliphatic carbocycles. The third-order valence-electron chi connectivity index (χ3n) is 8.07. The summed E-state index contributed by atoms with van der Waals surface area (Å²) < 4.78 is 2.44. The number of fused-ring (bicyclic) bond motifs is 6. The smallest absolute Gasteiger partial charge is 0.0620 e. The van der Waals surface area contributed by atoms with Gasteiger partial charge in [0, 0.05) is 21.5 Å². The van der Waals surface area contributed by atoms with Gasteiger partial charge in [0.15, 0.2) is 0 Å². The Hall–Kier alpha value is -4.88. The van der Waals surface area contributed by atoms with Gasteiger partial charge in [0.25, 0.3) is 0 Å². The molecule has 0 aliphatic heterocycles. The van der Waals surface area contributed by atoms with Crippen molar-refractivity contribution in [2.75, 3.05) is 0 Å². The molecule has 2 aromatic heterocycles. The van der Waals surface area contributed by atoms with E-state index in [0.717, 1.165) is 0 Å². The highest BCUT2D eigenvalue weighted by Gasteiger charge is 2.17. The van der Waals surface area contributed by atoms with Crippen LogP contribution in [-0.4, -0.2) is 4.40 Å². The van der Waals surface area contributed by atoms with Crippen LogP contribution in [0.25, 0.3) is 71.5 Å². The molecule has 0 bridgehead atoms. The van der Waals surface area contributed by atoms with Gasteiger partial charge < -0.3 is 4.40 Å². The molecular formula is C37H25N. The molecule has 1 nitrogen and oxygen atoms in total. The Morgan fingerprint density at radius 2 is 1.00 bits per heavy atom. The number of para-hydroxylation sites is 2. The quantitative estimate of drug-likeness (QED) is 0.235. The largest absolute Gasteiger partial charge is 0.308 e. The minimum Gasteiger partial charge on any atom is -0.308 e. The van der Waals surface area contributed by atoms with E-state index in [0.29, 0.717) is 0 Å². The van der Waals surface area contributed by atoms with E-state index in [-0.39, 0.29) is 0 Å². The summed E-state index contributed by atoms with van der Waals surface area (Å²) in [6.07, 6.45) is 0. The number of hydrogen-bond acceptors (Lipinski definition) is 0. The van der Waals surface area contributed by atoms with Gasteiger partial charge in [-0.3, -0.25) is 0 Å². The fourth-order valence-electron chi connectivity index (χ4n) is 6.22. The number of nitrogens with zero attached hydrogens (tertiary/aromatic N) is 1. The lowest BCUT2D eigenvalue weighted by Crippen LogP contribution is -1.87. The second kappa shape index (κ2) is 8.06. The third-order valence-corrected chi connectivity index (χ3v) is 8.07. The van der Waals surface area contributed by atoms with Crippen LogP contribution < -0.4 is 0 Å². The zero-order valence-corrected chi connectivity index (χ0v) is 21.1. The van der Waals surface area contributed by atoms with Crippen molar-refractivity contribution in [3.05, 3.63) is 139 Å². The molecule has 178 valence electrons. The molecule has 0 N–H and O–H groups in total. The zero-order valence-electron chi connectivity index (χ0n) is 21.1. The highest BCUT2D eigenvalue weighted by Crippen LogP contribution is 2.41. The lowest BCUT2D eigenvalue weighted by molar-refractivity contribution is 1.37. The Kier molecular flexibility index (Phi) is 4.50. The fraction of sp³-hybridized carbons (Fsp3) is 0.0270. The van der Waals surface area contributed by atoms with Gasteiger partial charge in [-0.05, 0) is 76.2 Å². The van der Waals surface area contributed by atoms with E-state index in [4.69, 9.17) is 0 Å². The van der Waals surface area contributed by atoms with Crippen LogP contribution in [0, 0.1) is 6.92 Å². The Labute approximate surface area is 221 Å². The maximum atomic E-state index is 2.44. The van der Waals surface area contributed by atoms with Gasteiger partial charge in [-0.2, -0.15) is 0 Å². The van der Waals surface area contributed by atoms with E-state index >= 15 is 0 Å². The van der Waals surface area contributed by atoms with Crippen molar-refractivity contribution in [3.8, 4) is 33.4 Å². The van der Waals surface area contributed by atoms with E-state index in [9.17, 15) is 0 Å². The summed E-state index contributed by atoms with van der Waals surface area (Å²) >= 11 is 0. The van der Waals surface area contributed by atoms with Gasteiger partial charge in [-0.1, -0.05) is 103 Å². The molecule has 8 aromatic rings. The first-order valence-electron chi connectivity index (χ1n) is 13.2. The summed E-state index contributed by atoms with van der Waals surface area (Å²) in [6, 6.07) is 48.8. The normalized spacial score (nSPS) is 11.8. The number of benzene rings is 6. The number of hydrogen-bond donors (Lipinski definition) is 0. The SMILES string of the molecule is Cc1ccc(-c2cccc(-c3ccccc3)c2)cc1-c1ccc2c(c1)c1cccc3c4ccccc4n2c31. The molecule has 0 atom stereocenters. The monoisotopic (exact) mass is 483 g/mol. The fourth-order valence-corrected chi connectivity index (χ4v) is 6.22. The van der Waals surface area contributed by atoms with E-state index in [2.05, 4.69) is 145 Å². The van der Waals surface area contributed by atoms with E-state index in [1.807, 2.05) is 0 Å². The molecule has 0 fully saturated rings. The van der Waals surface area contributed by atoms with Crippen molar-refractivity contribution in [1.82, 2.24) is 4.40 Å². The second-order valence-electron chi connectivity index (χ2n) is 10.3. The molecule has 0 radical (unpaired) electrons. The van der Waals surface area contributed by atoms with Crippen LogP contribution in [0.3, 0.4) is 0 Å². The summed E-state index contributed by atoms with van der Waals surface area (Å²) in [5.41, 5.74) is 12.7. The highest BCUT2D eigenvalue weighted by atomic mass is 14.9. The predicted molar refractivity (Wildman–Crippen MR) is 162 cm³/mol.